The molecule has 6 heteroatoms. The van der Waals surface area contributed by atoms with Crippen LogP contribution in [0, 0.1) is 11.2 Å². The fourth-order valence-electron chi connectivity index (χ4n) is 2.67. The van der Waals surface area contributed by atoms with Crippen LogP contribution in [-0.4, -0.2) is 20.7 Å². The summed E-state index contributed by atoms with van der Waals surface area (Å²) in [5.41, 5.74) is 1.12. The van der Waals surface area contributed by atoms with E-state index in [-0.39, 0.29) is 5.69 Å². The molecular weight excluding hydrogens is 291 g/mol. The van der Waals surface area contributed by atoms with Crippen LogP contribution in [-0.2, 0) is 10.0 Å². The number of hydrogen-bond donors (Lipinski definition) is 2. The van der Waals surface area contributed by atoms with Crippen LogP contribution in [0.3, 0.4) is 0 Å². The Kier molecular flexibility index (Phi) is 4.46. The van der Waals surface area contributed by atoms with Gasteiger partial charge in [0.1, 0.15) is 5.82 Å². The third-order valence-electron chi connectivity index (χ3n) is 3.97. The Morgan fingerprint density at radius 1 is 1.24 bits per heavy atom. The monoisotopic (exact) mass is 314 g/mol. The minimum absolute atomic E-state index is 0.0151. The molecule has 0 saturated heterocycles. The van der Waals surface area contributed by atoms with E-state index in [9.17, 15) is 12.8 Å². The Morgan fingerprint density at radius 2 is 1.86 bits per heavy atom. The molecule has 0 aromatic heterocycles. The number of anilines is 2. The van der Waals surface area contributed by atoms with Gasteiger partial charge in [-0.2, -0.15) is 0 Å². The molecule has 1 aliphatic carbocycles. The Morgan fingerprint density at radius 3 is 2.43 bits per heavy atom. The lowest BCUT2D eigenvalue weighted by Gasteiger charge is -2.35. The molecule has 1 aliphatic rings. The molecular formula is C15H23FN2O2S. The molecule has 0 heterocycles. The maximum Gasteiger partial charge on any atom is 0.229 e. The minimum Gasteiger partial charge on any atom is -0.382 e. The Bertz CT molecular complexity index is 604. The lowest BCUT2D eigenvalue weighted by Crippen LogP contribution is -2.29. The van der Waals surface area contributed by atoms with Crippen molar-refractivity contribution in [2.45, 2.75) is 45.6 Å². The maximum atomic E-state index is 13.6. The smallest absolute Gasteiger partial charge is 0.229 e. The van der Waals surface area contributed by atoms with E-state index in [0.717, 1.165) is 37.6 Å². The van der Waals surface area contributed by atoms with Crippen LogP contribution in [0.4, 0.5) is 15.8 Å². The fourth-order valence-corrected chi connectivity index (χ4v) is 3.23. The summed E-state index contributed by atoms with van der Waals surface area (Å²) in [6.07, 6.45) is 5.45. The quantitative estimate of drug-likeness (QED) is 0.893. The number of nitrogens with one attached hydrogen (secondary N) is 2. The van der Waals surface area contributed by atoms with Gasteiger partial charge in [-0.1, -0.05) is 13.8 Å². The summed E-state index contributed by atoms with van der Waals surface area (Å²) in [6.45, 7) is 4.55. The Balaban J connectivity index is 2.06. The molecule has 21 heavy (non-hydrogen) atoms. The predicted molar refractivity (Wildman–Crippen MR) is 84.5 cm³/mol. The number of halogens is 1. The van der Waals surface area contributed by atoms with Crippen molar-refractivity contribution >= 4 is 21.4 Å². The van der Waals surface area contributed by atoms with Gasteiger partial charge in [0.15, 0.2) is 0 Å². The van der Waals surface area contributed by atoms with Crippen LogP contribution < -0.4 is 10.0 Å². The standard InChI is InChI=1S/C15H23FN2O2S/c1-15(2)8-6-11(7-9-15)17-12-4-5-13(16)14(10-12)18-21(3,19)20/h4-5,10-11,17-18H,6-9H2,1-3H3. The summed E-state index contributed by atoms with van der Waals surface area (Å²) < 4.78 is 38.3. The highest BCUT2D eigenvalue weighted by Gasteiger charge is 2.26. The topological polar surface area (TPSA) is 58.2 Å². The molecule has 2 N–H and O–H groups in total. The predicted octanol–water partition coefficient (Wildman–Crippen LogP) is 3.58. The first-order valence-corrected chi connectivity index (χ1v) is 9.08. The van der Waals surface area contributed by atoms with E-state index in [1.54, 1.807) is 6.07 Å². The van der Waals surface area contributed by atoms with Crippen molar-refractivity contribution in [2.24, 2.45) is 5.41 Å². The number of rotatable bonds is 4. The van der Waals surface area contributed by atoms with E-state index in [1.807, 2.05) is 0 Å². The van der Waals surface area contributed by atoms with Crippen molar-refractivity contribution in [3.05, 3.63) is 24.0 Å². The number of sulfonamides is 1. The maximum absolute atomic E-state index is 13.6. The third kappa shape index (κ3) is 4.88. The molecule has 0 radical (unpaired) electrons. The zero-order valence-electron chi connectivity index (χ0n) is 12.7. The average Bonchev–Trinajstić information content (AvgIpc) is 2.34. The van der Waals surface area contributed by atoms with Gasteiger partial charge in [-0.15, -0.1) is 0 Å². The first kappa shape index (κ1) is 16.1. The van der Waals surface area contributed by atoms with Crippen molar-refractivity contribution in [1.29, 1.82) is 0 Å². The molecule has 1 aromatic rings. The largest absolute Gasteiger partial charge is 0.382 e. The molecule has 1 saturated carbocycles. The second kappa shape index (κ2) is 5.83. The zero-order valence-corrected chi connectivity index (χ0v) is 13.6. The van der Waals surface area contributed by atoms with E-state index in [4.69, 9.17) is 0 Å². The lowest BCUT2D eigenvalue weighted by atomic mass is 9.75. The summed E-state index contributed by atoms with van der Waals surface area (Å²) in [7, 11) is -3.48. The highest BCUT2D eigenvalue weighted by atomic mass is 32.2. The highest BCUT2D eigenvalue weighted by Crippen LogP contribution is 2.36. The van der Waals surface area contributed by atoms with Crippen LogP contribution in [0.25, 0.3) is 0 Å². The number of benzene rings is 1. The van der Waals surface area contributed by atoms with Crippen molar-refractivity contribution in [3.8, 4) is 0 Å². The van der Waals surface area contributed by atoms with Crippen LogP contribution in [0.2, 0.25) is 0 Å². The van der Waals surface area contributed by atoms with Gasteiger partial charge in [0.05, 0.1) is 11.9 Å². The van der Waals surface area contributed by atoms with Crippen LogP contribution >= 0.6 is 0 Å². The molecule has 0 spiro atoms. The van der Waals surface area contributed by atoms with Gasteiger partial charge in [-0.05, 0) is 49.3 Å². The van der Waals surface area contributed by atoms with Crippen LogP contribution in [0.1, 0.15) is 39.5 Å². The van der Waals surface area contributed by atoms with Crippen LogP contribution in [0.5, 0.6) is 0 Å². The van der Waals surface area contributed by atoms with E-state index in [2.05, 4.69) is 23.9 Å². The van der Waals surface area contributed by atoms with Crippen molar-refractivity contribution < 1.29 is 12.8 Å². The van der Waals surface area contributed by atoms with Crippen molar-refractivity contribution in [2.75, 3.05) is 16.3 Å². The summed E-state index contributed by atoms with van der Waals surface area (Å²) in [5, 5.41) is 3.37. The van der Waals surface area contributed by atoms with E-state index in [0.29, 0.717) is 11.5 Å². The zero-order chi connectivity index (χ0) is 15.7. The summed E-state index contributed by atoms with van der Waals surface area (Å²) >= 11 is 0. The fraction of sp³-hybridized carbons (Fsp3) is 0.600. The van der Waals surface area contributed by atoms with Crippen molar-refractivity contribution in [1.82, 2.24) is 0 Å². The lowest BCUT2D eigenvalue weighted by molar-refractivity contribution is 0.232. The normalized spacial score (nSPS) is 19.2. The first-order chi connectivity index (χ1) is 9.65. The first-order valence-electron chi connectivity index (χ1n) is 7.19. The molecule has 118 valence electrons. The second-order valence-corrected chi connectivity index (χ2v) is 8.40. The second-order valence-electron chi connectivity index (χ2n) is 6.65. The van der Waals surface area contributed by atoms with Gasteiger partial charge in [0.25, 0.3) is 0 Å². The molecule has 2 rings (SSSR count). The molecule has 0 unspecified atom stereocenters. The molecule has 0 bridgehead atoms. The van der Waals surface area contributed by atoms with Gasteiger partial charge in [-0.25, -0.2) is 12.8 Å². The highest BCUT2D eigenvalue weighted by molar-refractivity contribution is 7.92. The summed E-state index contributed by atoms with van der Waals surface area (Å²) in [4.78, 5) is 0. The molecule has 4 nitrogen and oxygen atoms in total. The minimum atomic E-state index is -3.48. The molecule has 0 aliphatic heterocycles. The summed E-state index contributed by atoms with van der Waals surface area (Å²) in [6, 6.07) is 4.79. The SMILES string of the molecule is CC1(C)CCC(Nc2ccc(F)c(NS(C)(=O)=O)c2)CC1. The van der Waals surface area contributed by atoms with Gasteiger partial charge < -0.3 is 5.32 Å². The van der Waals surface area contributed by atoms with Gasteiger partial charge in [-0.3, -0.25) is 4.72 Å². The molecule has 1 fully saturated rings. The average molecular weight is 314 g/mol. The Labute approximate surface area is 126 Å². The molecule has 0 amide bonds. The van der Waals surface area contributed by atoms with E-state index >= 15 is 0 Å². The van der Waals surface area contributed by atoms with Crippen molar-refractivity contribution in [3.63, 3.8) is 0 Å². The van der Waals surface area contributed by atoms with E-state index in [1.165, 1.54) is 12.1 Å². The number of hydrogen-bond acceptors (Lipinski definition) is 3. The Hall–Kier alpha value is -1.30. The summed E-state index contributed by atoms with van der Waals surface area (Å²) in [5.74, 6) is -0.573. The van der Waals surface area contributed by atoms with Gasteiger partial charge in [0.2, 0.25) is 10.0 Å². The van der Waals surface area contributed by atoms with E-state index < -0.39 is 15.8 Å². The molecule has 0 atom stereocenters. The van der Waals surface area contributed by atoms with Gasteiger partial charge in [0, 0.05) is 11.7 Å². The van der Waals surface area contributed by atoms with Crippen LogP contribution in [0.15, 0.2) is 18.2 Å². The van der Waals surface area contributed by atoms with Gasteiger partial charge >= 0.3 is 0 Å². The third-order valence-corrected chi connectivity index (χ3v) is 4.56. The molecule has 1 aromatic carbocycles.